The molecular formula is C22H22FN3O2. The fourth-order valence-electron chi connectivity index (χ4n) is 2.79. The van der Waals surface area contributed by atoms with E-state index in [9.17, 15) is 9.18 Å². The van der Waals surface area contributed by atoms with Crippen molar-refractivity contribution in [2.24, 2.45) is 0 Å². The predicted molar refractivity (Wildman–Crippen MR) is 106 cm³/mol. The molecule has 1 N–H and O–H groups in total. The third-order valence-corrected chi connectivity index (χ3v) is 4.30. The van der Waals surface area contributed by atoms with Crippen molar-refractivity contribution in [3.8, 4) is 5.75 Å². The van der Waals surface area contributed by atoms with Crippen molar-refractivity contribution in [2.75, 3.05) is 7.11 Å². The third-order valence-electron chi connectivity index (χ3n) is 4.30. The third kappa shape index (κ3) is 5.07. The summed E-state index contributed by atoms with van der Waals surface area (Å²) in [6.45, 7) is 2.46. The van der Waals surface area contributed by atoms with Crippen LogP contribution in [-0.2, 0) is 11.3 Å². The van der Waals surface area contributed by atoms with Crippen LogP contribution in [0, 0.1) is 5.82 Å². The van der Waals surface area contributed by atoms with Gasteiger partial charge in [-0.3, -0.25) is 9.48 Å². The Kier molecular flexibility index (Phi) is 6.22. The molecule has 1 amide bonds. The molecule has 28 heavy (non-hydrogen) atoms. The highest BCUT2D eigenvalue weighted by atomic mass is 19.1. The van der Waals surface area contributed by atoms with Gasteiger partial charge in [0, 0.05) is 17.8 Å². The average Bonchev–Trinajstić information content (AvgIpc) is 3.14. The Morgan fingerprint density at radius 1 is 1.29 bits per heavy atom. The molecule has 144 valence electrons. The number of rotatable bonds is 7. The lowest BCUT2D eigenvalue weighted by Gasteiger charge is -2.14. The Bertz CT molecular complexity index is 967. The van der Waals surface area contributed by atoms with Gasteiger partial charge < -0.3 is 10.1 Å². The number of carbonyl (C=O) groups is 1. The molecule has 0 aliphatic heterocycles. The number of hydrogen-bond acceptors (Lipinski definition) is 3. The molecule has 1 heterocycles. The van der Waals surface area contributed by atoms with E-state index in [1.54, 1.807) is 31.3 Å². The van der Waals surface area contributed by atoms with E-state index in [-0.39, 0.29) is 17.7 Å². The molecule has 0 saturated heterocycles. The van der Waals surface area contributed by atoms with E-state index in [0.717, 1.165) is 11.1 Å². The number of nitrogens with one attached hydrogen (secondary N) is 1. The van der Waals surface area contributed by atoms with Crippen LogP contribution < -0.4 is 10.1 Å². The first kappa shape index (κ1) is 19.4. The van der Waals surface area contributed by atoms with E-state index >= 15 is 0 Å². The number of amides is 1. The van der Waals surface area contributed by atoms with Crippen molar-refractivity contribution >= 4 is 12.0 Å². The lowest BCUT2D eigenvalue weighted by atomic mass is 10.1. The van der Waals surface area contributed by atoms with Gasteiger partial charge in [-0.25, -0.2) is 4.39 Å². The molecular weight excluding hydrogens is 357 g/mol. The summed E-state index contributed by atoms with van der Waals surface area (Å²) >= 11 is 0. The Hall–Kier alpha value is -3.41. The highest BCUT2D eigenvalue weighted by Gasteiger charge is 2.11. The van der Waals surface area contributed by atoms with Crippen LogP contribution in [0.3, 0.4) is 0 Å². The number of benzene rings is 2. The highest BCUT2D eigenvalue weighted by Crippen LogP contribution is 2.21. The van der Waals surface area contributed by atoms with E-state index in [1.165, 1.54) is 19.3 Å². The van der Waals surface area contributed by atoms with Crippen molar-refractivity contribution in [3.05, 3.63) is 89.5 Å². The van der Waals surface area contributed by atoms with Gasteiger partial charge in [-0.05, 0) is 36.3 Å². The predicted octanol–water partition coefficient (Wildman–Crippen LogP) is 3.97. The minimum atomic E-state index is -0.456. The molecule has 0 bridgehead atoms. The molecule has 5 nitrogen and oxygen atoms in total. The molecule has 0 unspecified atom stereocenters. The van der Waals surface area contributed by atoms with Crippen LogP contribution in [0.15, 0.2) is 67.0 Å². The largest absolute Gasteiger partial charge is 0.494 e. The second kappa shape index (κ2) is 8.99. The topological polar surface area (TPSA) is 56.1 Å². The molecule has 0 aliphatic carbocycles. The minimum absolute atomic E-state index is 0.176. The molecule has 1 aromatic heterocycles. The number of ether oxygens (including phenoxy) is 1. The number of hydrogen-bond donors (Lipinski definition) is 1. The molecule has 0 saturated carbocycles. The van der Waals surface area contributed by atoms with Gasteiger partial charge in [-0.2, -0.15) is 5.10 Å². The number of carbonyl (C=O) groups excluding carboxylic acids is 1. The van der Waals surface area contributed by atoms with Gasteiger partial charge in [0.05, 0.1) is 25.9 Å². The molecule has 3 aromatic rings. The van der Waals surface area contributed by atoms with Gasteiger partial charge in [0.15, 0.2) is 11.6 Å². The molecule has 0 aliphatic rings. The first-order valence-corrected chi connectivity index (χ1v) is 8.93. The van der Waals surface area contributed by atoms with E-state index in [4.69, 9.17) is 4.74 Å². The van der Waals surface area contributed by atoms with Crippen molar-refractivity contribution < 1.29 is 13.9 Å². The van der Waals surface area contributed by atoms with Crippen LogP contribution in [0.5, 0.6) is 5.75 Å². The molecule has 0 fully saturated rings. The van der Waals surface area contributed by atoms with E-state index in [0.29, 0.717) is 12.1 Å². The second-order valence-electron chi connectivity index (χ2n) is 6.41. The lowest BCUT2D eigenvalue weighted by Crippen LogP contribution is -2.24. The maximum atomic E-state index is 13.8. The first-order valence-electron chi connectivity index (χ1n) is 8.93. The Labute approximate surface area is 163 Å². The Morgan fingerprint density at radius 3 is 2.79 bits per heavy atom. The maximum absolute atomic E-state index is 13.8. The number of nitrogens with zero attached hydrogens (tertiary/aromatic N) is 2. The summed E-state index contributed by atoms with van der Waals surface area (Å²) in [6.07, 6.45) is 6.72. The smallest absolute Gasteiger partial charge is 0.244 e. The van der Waals surface area contributed by atoms with Gasteiger partial charge in [-0.1, -0.05) is 36.4 Å². The van der Waals surface area contributed by atoms with Crippen LogP contribution >= 0.6 is 0 Å². The summed E-state index contributed by atoms with van der Waals surface area (Å²) < 4.78 is 20.5. The molecule has 0 radical (unpaired) electrons. The van der Waals surface area contributed by atoms with Crippen LogP contribution in [0.1, 0.15) is 29.7 Å². The quantitative estimate of drug-likeness (QED) is 0.632. The van der Waals surface area contributed by atoms with Gasteiger partial charge in [0.1, 0.15) is 0 Å². The summed E-state index contributed by atoms with van der Waals surface area (Å²) in [5, 5.41) is 7.12. The van der Waals surface area contributed by atoms with E-state index in [1.807, 2.05) is 41.2 Å². The number of halogens is 1. The van der Waals surface area contributed by atoms with Crippen molar-refractivity contribution in [3.63, 3.8) is 0 Å². The van der Waals surface area contributed by atoms with Gasteiger partial charge in [0.25, 0.3) is 0 Å². The average molecular weight is 379 g/mol. The maximum Gasteiger partial charge on any atom is 0.244 e. The standard InChI is InChI=1S/C22H22FN3O2/c1-16(19-9-10-21(28-2)20(23)12-19)25-22(27)11-8-18-13-24-26(15-18)14-17-6-4-3-5-7-17/h3-13,15-16H,14H2,1-2H3,(H,25,27)/b11-8+/t16-/m1/s1. The van der Waals surface area contributed by atoms with Crippen molar-refractivity contribution in [1.29, 1.82) is 0 Å². The highest BCUT2D eigenvalue weighted by molar-refractivity contribution is 5.91. The summed E-state index contributed by atoms with van der Waals surface area (Å²) in [7, 11) is 1.41. The fourth-order valence-corrected chi connectivity index (χ4v) is 2.79. The second-order valence-corrected chi connectivity index (χ2v) is 6.41. The SMILES string of the molecule is COc1ccc([C@@H](C)NC(=O)/C=C/c2cnn(Cc3ccccc3)c2)cc1F. The Balaban J connectivity index is 1.57. The summed E-state index contributed by atoms with van der Waals surface area (Å²) in [5.74, 6) is -0.545. The van der Waals surface area contributed by atoms with Crippen LogP contribution in [0.4, 0.5) is 4.39 Å². The summed E-state index contributed by atoms with van der Waals surface area (Å²) in [4.78, 5) is 12.2. The zero-order valence-corrected chi connectivity index (χ0v) is 15.8. The summed E-state index contributed by atoms with van der Waals surface area (Å²) in [6, 6.07) is 14.3. The molecule has 3 rings (SSSR count). The molecule has 1 atom stereocenters. The van der Waals surface area contributed by atoms with Crippen molar-refractivity contribution in [2.45, 2.75) is 19.5 Å². The fraction of sp³-hybridized carbons (Fsp3) is 0.182. The monoisotopic (exact) mass is 379 g/mol. The van der Waals surface area contributed by atoms with Gasteiger partial charge >= 0.3 is 0 Å². The van der Waals surface area contributed by atoms with Crippen LogP contribution in [0.25, 0.3) is 6.08 Å². The molecule has 2 aromatic carbocycles. The normalized spacial score (nSPS) is 12.1. The number of methoxy groups -OCH3 is 1. The first-order chi connectivity index (χ1) is 13.5. The van der Waals surface area contributed by atoms with Crippen LogP contribution in [0.2, 0.25) is 0 Å². The zero-order valence-electron chi connectivity index (χ0n) is 15.8. The lowest BCUT2D eigenvalue weighted by molar-refractivity contribution is -0.117. The van der Waals surface area contributed by atoms with Crippen molar-refractivity contribution in [1.82, 2.24) is 15.1 Å². The van der Waals surface area contributed by atoms with E-state index in [2.05, 4.69) is 10.4 Å². The molecule has 6 heteroatoms. The van der Waals surface area contributed by atoms with Gasteiger partial charge in [0.2, 0.25) is 5.91 Å². The van der Waals surface area contributed by atoms with Crippen LogP contribution in [-0.4, -0.2) is 22.8 Å². The minimum Gasteiger partial charge on any atom is -0.494 e. The number of aromatic nitrogens is 2. The summed E-state index contributed by atoms with van der Waals surface area (Å²) in [5.41, 5.74) is 2.64. The van der Waals surface area contributed by atoms with E-state index < -0.39 is 5.82 Å². The zero-order chi connectivity index (χ0) is 19.9. The Morgan fingerprint density at radius 2 is 2.07 bits per heavy atom. The molecule has 0 spiro atoms. The van der Waals surface area contributed by atoms with Gasteiger partial charge in [-0.15, -0.1) is 0 Å².